The average Bonchev–Trinajstić information content (AvgIpc) is 2.69. The molecule has 0 spiro atoms. The molecule has 0 atom stereocenters. The van der Waals surface area contributed by atoms with E-state index in [-0.39, 0.29) is 11.6 Å². The van der Waals surface area contributed by atoms with Gasteiger partial charge in [0.2, 0.25) is 0 Å². The maximum absolute atomic E-state index is 15.0. The average molecular weight is 348 g/mol. The Kier molecular flexibility index (Phi) is 4.58. The quantitative estimate of drug-likeness (QED) is 0.437. The summed E-state index contributed by atoms with van der Waals surface area (Å²) in [6.45, 7) is 3.91. The van der Waals surface area contributed by atoms with E-state index < -0.39 is 0 Å². The molecule has 0 heterocycles. The van der Waals surface area contributed by atoms with E-state index in [9.17, 15) is 4.39 Å². The zero-order valence-corrected chi connectivity index (χ0v) is 14.7. The van der Waals surface area contributed by atoms with E-state index in [0.29, 0.717) is 28.3 Å². The molecule has 0 nitrogen and oxygen atoms in total. The van der Waals surface area contributed by atoms with E-state index in [1.54, 1.807) is 18.2 Å². The molecule has 132 valence electrons. The highest BCUT2D eigenvalue weighted by molar-refractivity contribution is 5.88. The lowest BCUT2D eigenvalue weighted by molar-refractivity contribution is 0.376. The van der Waals surface area contributed by atoms with Crippen LogP contribution in [-0.4, -0.2) is 0 Å². The van der Waals surface area contributed by atoms with Gasteiger partial charge in [-0.1, -0.05) is 48.5 Å². The Hall–Kier alpha value is -2.48. The van der Waals surface area contributed by atoms with Gasteiger partial charge >= 0.3 is 0 Å². The lowest BCUT2D eigenvalue weighted by Crippen LogP contribution is -2.11. The molecular weight excluding hydrogens is 326 g/mol. The highest BCUT2D eigenvalue weighted by Crippen LogP contribution is 2.38. The number of hydrogen-bond donors (Lipinski definition) is 0. The van der Waals surface area contributed by atoms with Crippen molar-refractivity contribution in [3.63, 3.8) is 0 Å². The second-order valence-electron chi connectivity index (χ2n) is 7.26. The molecule has 1 aliphatic carbocycles. The van der Waals surface area contributed by atoms with Crippen molar-refractivity contribution < 1.29 is 8.78 Å². The third kappa shape index (κ3) is 3.16. The Balaban J connectivity index is 1.67. The van der Waals surface area contributed by atoms with Crippen molar-refractivity contribution in [3.05, 3.63) is 84.5 Å². The molecule has 2 heteroatoms. The smallest absolute Gasteiger partial charge is 0.138 e. The summed E-state index contributed by atoms with van der Waals surface area (Å²) < 4.78 is 28.1. The highest BCUT2D eigenvalue weighted by Gasteiger charge is 2.21. The Labute approximate surface area is 153 Å². The zero-order valence-electron chi connectivity index (χ0n) is 14.7. The van der Waals surface area contributed by atoms with Crippen molar-refractivity contribution in [2.75, 3.05) is 0 Å². The van der Waals surface area contributed by atoms with E-state index in [2.05, 4.69) is 24.8 Å². The molecule has 3 aromatic rings. The Bertz CT molecular complexity index is 932. The minimum Gasteiger partial charge on any atom is -0.207 e. The fourth-order valence-corrected chi connectivity index (χ4v) is 4.10. The van der Waals surface area contributed by atoms with Gasteiger partial charge in [0.25, 0.3) is 0 Å². The maximum Gasteiger partial charge on any atom is 0.138 e. The van der Waals surface area contributed by atoms with Gasteiger partial charge in [0, 0.05) is 10.9 Å². The monoisotopic (exact) mass is 348 g/mol. The summed E-state index contributed by atoms with van der Waals surface area (Å²) in [6, 6.07) is 15.8. The molecule has 1 aliphatic rings. The van der Waals surface area contributed by atoms with Crippen molar-refractivity contribution in [1.29, 1.82) is 0 Å². The highest BCUT2D eigenvalue weighted by atomic mass is 19.1. The normalized spacial score (nSPS) is 20.2. The van der Waals surface area contributed by atoms with Gasteiger partial charge in [-0.05, 0) is 66.2 Å². The van der Waals surface area contributed by atoms with Gasteiger partial charge in [-0.2, -0.15) is 0 Å². The van der Waals surface area contributed by atoms with Crippen LogP contribution in [0.1, 0.15) is 37.2 Å². The molecule has 26 heavy (non-hydrogen) atoms. The summed E-state index contributed by atoms with van der Waals surface area (Å²) in [7, 11) is 0. The number of hydrogen-bond acceptors (Lipinski definition) is 0. The van der Waals surface area contributed by atoms with Crippen molar-refractivity contribution in [2.45, 2.75) is 31.6 Å². The predicted octanol–water partition coefficient (Wildman–Crippen LogP) is 7.24. The molecule has 0 unspecified atom stereocenters. The van der Waals surface area contributed by atoms with Gasteiger partial charge in [-0.25, -0.2) is 8.78 Å². The van der Waals surface area contributed by atoms with E-state index in [1.165, 1.54) is 43.4 Å². The summed E-state index contributed by atoms with van der Waals surface area (Å²) in [6.07, 6.45) is 6.77. The van der Waals surface area contributed by atoms with E-state index in [4.69, 9.17) is 0 Å². The van der Waals surface area contributed by atoms with Crippen LogP contribution in [0.2, 0.25) is 0 Å². The number of fused-ring (bicyclic) bond motifs is 1. The predicted molar refractivity (Wildman–Crippen MR) is 104 cm³/mol. The summed E-state index contributed by atoms with van der Waals surface area (Å²) in [5.41, 5.74) is 2.50. The fraction of sp³-hybridized carbons (Fsp3) is 0.250. The van der Waals surface area contributed by atoms with E-state index in [0.717, 1.165) is 5.39 Å². The van der Waals surface area contributed by atoms with E-state index in [1.807, 2.05) is 12.1 Å². The van der Waals surface area contributed by atoms with Crippen molar-refractivity contribution in [1.82, 2.24) is 0 Å². The van der Waals surface area contributed by atoms with Crippen LogP contribution < -0.4 is 0 Å². The molecule has 0 amide bonds. The molecular formula is C24H22F2. The SMILES string of the molecule is C=CC1CCC(c2ccc3c(F)c(-c4ccc(F)cc4)ccc3c2)CC1. The molecule has 0 aromatic heterocycles. The van der Waals surface area contributed by atoms with Crippen LogP contribution in [0, 0.1) is 17.6 Å². The number of halogens is 2. The molecule has 0 aliphatic heterocycles. The topological polar surface area (TPSA) is 0 Å². The number of rotatable bonds is 3. The lowest BCUT2D eigenvalue weighted by Gasteiger charge is -2.27. The first-order valence-corrected chi connectivity index (χ1v) is 9.26. The van der Waals surface area contributed by atoms with Crippen LogP contribution in [0.3, 0.4) is 0 Å². The van der Waals surface area contributed by atoms with Crippen LogP contribution in [-0.2, 0) is 0 Å². The third-order valence-electron chi connectivity index (χ3n) is 5.71. The van der Waals surface area contributed by atoms with Gasteiger partial charge in [0.05, 0.1) is 0 Å². The largest absolute Gasteiger partial charge is 0.207 e. The molecule has 0 radical (unpaired) electrons. The summed E-state index contributed by atoms with van der Waals surface area (Å²) in [4.78, 5) is 0. The third-order valence-corrected chi connectivity index (χ3v) is 5.71. The molecule has 3 aromatic carbocycles. The molecule has 0 saturated heterocycles. The van der Waals surface area contributed by atoms with Crippen LogP contribution in [0.15, 0.2) is 67.3 Å². The summed E-state index contributed by atoms with van der Waals surface area (Å²) >= 11 is 0. The second-order valence-corrected chi connectivity index (χ2v) is 7.26. The Morgan fingerprint density at radius 3 is 2.27 bits per heavy atom. The van der Waals surface area contributed by atoms with Gasteiger partial charge in [-0.15, -0.1) is 6.58 Å². The van der Waals surface area contributed by atoms with Crippen LogP contribution in [0.4, 0.5) is 8.78 Å². The molecule has 1 saturated carbocycles. The van der Waals surface area contributed by atoms with Crippen molar-refractivity contribution in [3.8, 4) is 11.1 Å². The van der Waals surface area contributed by atoms with Crippen molar-refractivity contribution >= 4 is 10.8 Å². The Morgan fingerprint density at radius 2 is 1.58 bits per heavy atom. The molecule has 4 rings (SSSR count). The van der Waals surface area contributed by atoms with Crippen LogP contribution in [0.5, 0.6) is 0 Å². The van der Waals surface area contributed by atoms with Crippen molar-refractivity contribution in [2.24, 2.45) is 5.92 Å². The number of benzene rings is 3. The molecule has 0 N–H and O–H groups in total. The zero-order chi connectivity index (χ0) is 18.1. The summed E-state index contributed by atoms with van der Waals surface area (Å²) in [5.74, 6) is 0.639. The van der Waals surface area contributed by atoms with Gasteiger partial charge in [0.15, 0.2) is 0 Å². The molecule has 1 fully saturated rings. The van der Waals surface area contributed by atoms with Gasteiger partial charge in [0.1, 0.15) is 11.6 Å². The van der Waals surface area contributed by atoms with Gasteiger partial charge < -0.3 is 0 Å². The standard InChI is InChI=1S/C24H22F2/c1-2-16-3-5-17(6-4-16)19-9-13-23-20(15-19)10-14-22(24(23)26)18-7-11-21(25)12-8-18/h2,7-17H,1,3-6H2. The first kappa shape index (κ1) is 17.0. The first-order chi connectivity index (χ1) is 12.7. The Morgan fingerprint density at radius 1 is 0.846 bits per heavy atom. The minimum absolute atomic E-state index is 0.240. The maximum atomic E-state index is 15.0. The van der Waals surface area contributed by atoms with Gasteiger partial charge in [-0.3, -0.25) is 0 Å². The first-order valence-electron chi connectivity index (χ1n) is 9.26. The fourth-order valence-electron chi connectivity index (χ4n) is 4.10. The summed E-state index contributed by atoms with van der Waals surface area (Å²) in [5, 5.41) is 1.55. The molecule has 0 bridgehead atoms. The van der Waals surface area contributed by atoms with Crippen LogP contribution >= 0.6 is 0 Å². The van der Waals surface area contributed by atoms with E-state index >= 15 is 4.39 Å². The lowest BCUT2D eigenvalue weighted by atomic mass is 9.78. The van der Waals surface area contributed by atoms with Crippen LogP contribution in [0.25, 0.3) is 21.9 Å². The number of allylic oxidation sites excluding steroid dienone is 1. The minimum atomic E-state index is -0.314. The second kappa shape index (κ2) is 7.03.